The van der Waals surface area contributed by atoms with Crippen LogP contribution >= 0.6 is 0 Å². The van der Waals surface area contributed by atoms with Crippen LogP contribution in [0.25, 0.3) is 38.6 Å². The number of hydrazine groups is 1. The Morgan fingerprint density at radius 2 is 1.07 bits per heavy atom. The first kappa shape index (κ1) is 26.5. The Balaban J connectivity index is 1.15. The molecule has 9 rings (SSSR count). The van der Waals surface area contributed by atoms with E-state index in [4.69, 9.17) is 0 Å². The molecule has 4 nitrogen and oxygen atoms in total. The molecule has 0 amide bonds. The van der Waals surface area contributed by atoms with Gasteiger partial charge in [0.15, 0.2) is 0 Å². The fourth-order valence-corrected chi connectivity index (χ4v) is 7.19. The zero-order valence-corrected chi connectivity index (χ0v) is 25.3. The Hall–Kier alpha value is -5.87. The van der Waals surface area contributed by atoms with Crippen LogP contribution in [0.5, 0.6) is 0 Å². The van der Waals surface area contributed by atoms with E-state index in [1.165, 1.54) is 49.8 Å². The van der Waals surface area contributed by atoms with E-state index in [2.05, 4.69) is 201 Å². The minimum atomic E-state index is -0.0393. The summed E-state index contributed by atoms with van der Waals surface area (Å²) in [4.78, 5) is 4.76. The first-order chi connectivity index (χ1) is 22.8. The molecule has 0 radical (unpaired) electrons. The Morgan fingerprint density at radius 3 is 1.80 bits per heavy atom. The van der Waals surface area contributed by atoms with Crippen molar-refractivity contribution in [2.24, 2.45) is 0 Å². The Kier molecular flexibility index (Phi) is 6.31. The highest BCUT2D eigenvalue weighted by molar-refractivity contribution is 6.96. The highest BCUT2D eigenvalue weighted by Gasteiger charge is 2.51. The smallest absolute Gasteiger partial charge is 0.413 e. The molecular formula is C40H30B2N4. The van der Waals surface area contributed by atoms with Crippen molar-refractivity contribution in [2.45, 2.75) is 0 Å². The summed E-state index contributed by atoms with van der Waals surface area (Å²) in [6.45, 7) is 0.0178. The molecule has 0 bridgehead atoms. The van der Waals surface area contributed by atoms with Crippen LogP contribution in [0.15, 0.2) is 182 Å². The molecule has 0 spiro atoms. The van der Waals surface area contributed by atoms with Gasteiger partial charge in [-0.05, 0) is 77.3 Å². The first-order valence-electron chi connectivity index (χ1n) is 15.8. The fraction of sp³-hybridized carbons (Fsp3) is 0. The van der Waals surface area contributed by atoms with Crippen molar-refractivity contribution in [1.82, 2.24) is 9.49 Å². The molecule has 3 heterocycles. The second kappa shape index (κ2) is 10.9. The third-order valence-corrected chi connectivity index (χ3v) is 9.24. The van der Waals surface area contributed by atoms with Crippen molar-refractivity contribution in [1.29, 1.82) is 0 Å². The molecule has 1 aromatic heterocycles. The maximum absolute atomic E-state index is 2.51. The largest absolute Gasteiger partial charge is 0.419 e. The van der Waals surface area contributed by atoms with Crippen molar-refractivity contribution < 1.29 is 0 Å². The molecule has 2 aliphatic rings. The zero-order chi connectivity index (χ0) is 30.5. The standard InChI is InChI=1S/C40H30B2N4/c1-4-14-34(15-5-1)44-39-21-11-10-20-37(39)38-30-32(24-27-40(38)44)31-22-25-33(26-23-31)42-45(35-16-6-2-7-17-35)41-28-12-13-29-43(41)46(42)36-18-8-3-9-19-36/h1-30H. The van der Waals surface area contributed by atoms with Crippen molar-refractivity contribution in [3.05, 3.63) is 182 Å². The molecule has 0 N–H and O–H groups in total. The lowest BCUT2D eigenvalue weighted by Gasteiger charge is -2.33. The van der Waals surface area contributed by atoms with Gasteiger partial charge in [0.05, 0.1) is 11.0 Å². The van der Waals surface area contributed by atoms with Gasteiger partial charge in [-0.25, -0.2) is 0 Å². The van der Waals surface area contributed by atoms with E-state index in [9.17, 15) is 0 Å². The molecule has 216 valence electrons. The van der Waals surface area contributed by atoms with Crippen LogP contribution in [0.4, 0.5) is 11.4 Å². The predicted octanol–water partition coefficient (Wildman–Crippen LogP) is 8.50. The van der Waals surface area contributed by atoms with Gasteiger partial charge in [-0.3, -0.25) is 0 Å². The summed E-state index contributed by atoms with van der Waals surface area (Å²) in [5.41, 5.74) is 9.60. The molecule has 0 saturated carbocycles. The Morgan fingerprint density at radius 1 is 0.457 bits per heavy atom. The van der Waals surface area contributed by atoms with Gasteiger partial charge in [0, 0.05) is 34.0 Å². The maximum Gasteiger partial charge on any atom is 0.419 e. The van der Waals surface area contributed by atoms with Crippen LogP contribution in [-0.4, -0.2) is 23.5 Å². The third kappa shape index (κ3) is 4.26. The van der Waals surface area contributed by atoms with E-state index in [1.807, 2.05) is 0 Å². The highest BCUT2D eigenvalue weighted by Crippen LogP contribution is 2.36. The minimum absolute atomic E-state index is 0.0393. The average Bonchev–Trinajstić information content (AvgIpc) is 3.66. The van der Waals surface area contributed by atoms with E-state index in [0.29, 0.717) is 0 Å². The number of anilines is 2. The number of para-hydroxylation sites is 4. The summed E-state index contributed by atoms with van der Waals surface area (Å²) in [6, 6.07) is 56.8. The van der Waals surface area contributed by atoms with Gasteiger partial charge < -0.3 is 19.1 Å². The van der Waals surface area contributed by atoms with Gasteiger partial charge in [-0.1, -0.05) is 115 Å². The van der Waals surface area contributed by atoms with Crippen molar-refractivity contribution in [3.63, 3.8) is 0 Å². The monoisotopic (exact) mass is 588 g/mol. The quantitative estimate of drug-likeness (QED) is 0.188. The highest BCUT2D eigenvalue weighted by atomic mass is 15.6. The maximum atomic E-state index is 2.51. The van der Waals surface area contributed by atoms with Crippen LogP contribution in [-0.2, 0) is 0 Å². The zero-order valence-electron chi connectivity index (χ0n) is 25.3. The molecule has 0 atom stereocenters. The molecule has 2 aliphatic heterocycles. The molecule has 7 aromatic rings. The van der Waals surface area contributed by atoms with Crippen LogP contribution in [0.3, 0.4) is 0 Å². The Bertz CT molecular complexity index is 2170. The fourth-order valence-electron chi connectivity index (χ4n) is 7.19. The molecular weight excluding hydrogens is 558 g/mol. The minimum Gasteiger partial charge on any atom is -0.413 e. The summed E-state index contributed by atoms with van der Waals surface area (Å²) in [6.07, 6.45) is 6.45. The van der Waals surface area contributed by atoms with E-state index < -0.39 is 0 Å². The lowest BCUT2D eigenvalue weighted by atomic mass is 9.58. The van der Waals surface area contributed by atoms with Gasteiger partial charge >= 0.3 is 14.0 Å². The predicted molar refractivity (Wildman–Crippen MR) is 195 cm³/mol. The van der Waals surface area contributed by atoms with Crippen LogP contribution < -0.4 is 15.1 Å². The molecule has 0 unspecified atom stereocenters. The molecule has 1 saturated heterocycles. The van der Waals surface area contributed by atoms with Gasteiger partial charge in [-0.15, -0.1) is 0 Å². The summed E-state index contributed by atoms with van der Waals surface area (Å²) < 4.78 is 4.87. The topological polar surface area (TPSA) is 14.7 Å². The average molecular weight is 588 g/mol. The number of hydrogen-bond acceptors (Lipinski definition) is 3. The SMILES string of the molecule is C1=CB2N(c3ccccc3)B(c3ccc(-c4ccc5c(c4)c4ccccc4n5-c4ccccc4)cc3)N(c3ccccc3)N2C=C1. The van der Waals surface area contributed by atoms with E-state index in [1.54, 1.807) is 0 Å². The summed E-state index contributed by atoms with van der Waals surface area (Å²) in [5, 5.41) is 2.53. The van der Waals surface area contributed by atoms with Crippen molar-refractivity contribution >= 4 is 52.6 Å². The first-order valence-corrected chi connectivity index (χ1v) is 15.8. The summed E-state index contributed by atoms with van der Waals surface area (Å²) in [7, 11) is 0. The number of rotatable bonds is 5. The second-order valence-corrected chi connectivity index (χ2v) is 11.9. The van der Waals surface area contributed by atoms with Gasteiger partial charge in [0.2, 0.25) is 0 Å². The summed E-state index contributed by atoms with van der Waals surface area (Å²) in [5.74, 6) is 2.28. The molecule has 46 heavy (non-hydrogen) atoms. The number of hydrogen-bond donors (Lipinski definition) is 0. The lowest BCUT2D eigenvalue weighted by Crippen LogP contribution is -2.55. The van der Waals surface area contributed by atoms with Gasteiger partial charge in [-0.2, -0.15) is 0 Å². The second-order valence-electron chi connectivity index (χ2n) is 11.9. The Labute approximate surface area is 269 Å². The normalized spacial score (nSPS) is 14.1. The number of aromatic nitrogens is 1. The van der Waals surface area contributed by atoms with Crippen LogP contribution in [0.2, 0.25) is 0 Å². The molecule has 0 aliphatic carbocycles. The van der Waals surface area contributed by atoms with Crippen molar-refractivity contribution in [2.75, 3.05) is 9.64 Å². The number of benzene rings is 6. The molecule has 6 aromatic carbocycles. The van der Waals surface area contributed by atoms with E-state index in [-0.39, 0.29) is 14.0 Å². The lowest BCUT2D eigenvalue weighted by molar-refractivity contribution is 0.634. The molecule has 6 heteroatoms. The van der Waals surface area contributed by atoms with E-state index >= 15 is 0 Å². The summed E-state index contributed by atoms with van der Waals surface area (Å²) >= 11 is 0. The molecule has 1 fully saturated rings. The van der Waals surface area contributed by atoms with Crippen LogP contribution in [0.1, 0.15) is 0 Å². The number of allylic oxidation sites excluding steroid dienone is 2. The van der Waals surface area contributed by atoms with E-state index in [0.717, 1.165) is 5.69 Å². The van der Waals surface area contributed by atoms with Gasteiger partial charge in [0.25, 0.3) is 0 Å². The number of fused-ring (bicyclic) bond motifs is 4. The van der Waals surface area contributed by atoms with Crippen LogP contribution in [0, 0.1) is 0 Å². The van der Waals surface area contributed by atoms with Crippen molar-refractivity contribution in [3.8, 4) is 16.8 Å². The number of nitrogens with zero attached hydrogens (tertiary/aromatic N) is 4. The third-order valence-electron chi connectivity index (χ3n) is 9.24. The van der Waals surface area contributed by atoms with Gasteiger partial charge in [0.1, 0.15) is 0 Å².